The van der Waals surface area contributed by atoms with Crippen molar-refractivity contribution in [1.82, 2.24) is 0 Å². The molecule has 0 aliphatic carbocycles. The SMILES string of the molecule is CCN(CC(F)(F)F)c1ccc(CCl)c(C)c1. The van der Waals surface area contributed by atoms with Gasteiger partial charge in [0.2, 0.25) is 0 Å². The summed E-state index contributed by atoms with van der Waals surface area (Å²) in [5.74, 6) is 0.373. The summed E-state index contributed by atoms with van der Waals surface area (Å²) < 4.78 is 37.1. The van der Waals surface area contributed by atoms with Crippen LogP contribution in [0.3, 0.4) is 0 Å². The van der Waals surface area contributed by atoms with Crippen LogP contribution in [0, 0.1) is 6.92 Å². The summed E-state index contributed by atoms with van der Waals surface area (Å²) in [5, 5.41) is 0. The zero-order valence-electron chi connectivity index (χ0n) is 9.81. The van der Waals surface area contributed by atoms with Crippen LogP contribution in [0.15, 0.2) is 18.2 Å². The van der Waals surface area contributed by atoms with Gasteiger partial charge in [0, 0.05) is 18.1 Å². The molecule has 0 heterocycles. The summed E-state index contributed by atoms with van der Waals surface area (Å²) in [5.41, 5.74) is 2.44. The Bertz CT molecular complexity index is 377. The summed E-state index contributed by atoms with van der Waals surface area (Å²) in [4.78, 5) is 1.30. The van der Waals surface area contributed by atoms with Crippen molar-refractivity contribution in [3.8, 4) is 0 Å². The highest BCUT2D eigenvalue weighted by Crippen LogP contribution is 2.24. The largest absolute Gasteiger partial charge is 0.405 e. The Labute approximate surface area is 104 Å². The van der Waals surface area contributed by atoms with E-state index in [-0.39, 0.29) is 0 Å². The third-order valence-electron chi connectivity index (χ3n) is 2.59. The van der Waals surface area contributed by atoms with E-state index in [2.05, 4.69) is 0 Å². The second-order valence-corrected chi connectivity index (χ2v) is 4.14. The van der Waals surface area contributed by atoms with E-state index in [9.17, 15) is 13.2 Å². The van der Waals surface area contributed by atoms with Crippen LogP contribution in [-0.4, -0.2) is 19.3 Å². The molecule has 96 valence electrons. The van der Waals surface area contributed by atoms with Gasteiger partial charge in [0.15, 0.2) is 0 Å². The lowest BCUT2D eigenvalue weighted by molar-refractivity contribution is -0.119. The Morgan fingerprint density at radius 2 is 1.94 bits per heavy atom. The summed E-state index contributed by atoms with van der Waals surface area (Å²) in [6, 6.07) is 5.20. The van der Waals surface area contributed by atoms with Gasteiger partial charge in [-0.05, 0) is 37.1 Å². The maximum atomic E-state index is 12.4. The first-order valence-corrected chi connectivity index (χ1v) is 5.88. The standard InChI is InChI=1S/C12H15ClF3N/c1-3-17(8-12(14,15)16)11-5-4-10(7-13)9(2)6-11/h4-6H,3,7-8H2,1-2H3. The molecule has 17 heavy (non-hydrogen) atoms. The molecule has 1 aromatic rings. The molecule has 0 fully saturated rings. The molecule has 0 atom stereocenters. The number of anilines is 1. The van der Waals surface area contributed by atoms with E-state index in [1.54, 1.807) is 25.1 Å². The average Bonchev–Trinajstić information content (AvgIpc) is 2.24. The lowest BCUT2D eigenvalue weighted by Gasteiger charge is -2.25. The van der Waals surface area contributed by atoms with Gasteiger partial charge in [-0.25, -0.2) is 0 Å². The van der Waals surface area contributed by atoms with E-state index in [4.69, 9.17) is 11.6 Å². The molecule has 0 N–H and O–H groups in total. The fourth-order valence-corrected chi connectivity index (χ4v) is 1.93. The number of alkyl halides is 4. The Morgan fingerprint density at radius 1 is 1.29 bits per heavy atom. The summed E-state index contributed by atoms with van der Waals surface area (Å²) in [6.07, 6.45) is -4.19. The van der Waals surface area contributed by atoms with Gasteiger partial charge in [0.25, 0.3) is 0 Å². The van der Waals surface area contributed by atoms with E-state index in [1.165, 1.54) is 4.90 Å². The fourth-order valence-electron chi connectivity index (χ4n) is 1.63. The number of nitrogens with zero attached hydrogens (tertiary/aromatic N) is 1. The van der Waals surface area contributed by atoms with Gasteiger partial charge < -0.3 is 4.90 Å². The number of halogens is 4. The molecule has 0 amide bonds. The Balaban J connectivity index is 2.93. The minimum atomic E-state index is -4.19. The van der Waals surface area contributed by atoms with Gasteiger partial charge in [0.05, 0.1) is 0 Å². The van der Waals surface area contributed by atoms with E-state index in [0.717, 1.165) is 11.1 Å². The first-order valence-electron chi connectivity index (χ1n) is 5.34. The quantitative estimate of drug-likeness (QED) is 0.740. The summed E-state index contributed by atoms with van der Waals surface area (Å²) in [6.45, 7) is 2.95. The van der Waals surface area contributed by atoms with E-state index in [0.29, 0.717) is 18.1 Å². The highest BCUT2D eigenvalue weighted by Gasteiger charge is 2.30. The molecule has 0 bridgehead atoms. The molecule has 5 heteroatoms. The predicted octanol–water partition coefficient (Wildman–Crippen LogP) is 4.12. The maximum Gasteiger partial charge on any atom is 0.405 e. The van der Waals surface area contributed by atoms with Gasteiger partial charge in [-0.2, -0.15) is 13.2 Å². The molecule has 0 saturated carbocycles. The van der Waals surface area contributed by atoms with Crippen LogP contribution in [0.2, 0.25) is 0 Å². The molecule has 0 aliphatic heterocycles. The fraction of sp³-hybridized carbons (Fsp3) is 0.500. The first kappa shape index (κ1) is 14.2. The third kappa shape index (κ3) is 4.11. The minimum absolute atomic E-state index is 0.319. The van der Waals surface area contributed by atoms with Gasteiger partial charge in [0.1, 0.15) is 6.54 Å². The van der Waals surface area contributed by atoms with Crippen molar-refractivity contribution in [3.63, 3.8) is 0 Å². The third-order valence-corrected chi connectivity index (χ3v) is 2.88. The first-order chi connectivity index (χ1) is 7.87. The van der Waals surface area contributed by atoms with Crippen molar-refractivity contribution >= 4 is 17.3 Å². The van der Waals surface area contributed by atoms with Gasteiger partial charge in [-0.15, -0.1) is 11.6 Å². The van der Waals surface area contributed by atoms with Crippen LogP contribution >= 0.6 is 11.6 Å². The number of hydrogen-bond donors (Lipinski definition) is 0. The summed E-state index contributed by atoms with van der Waals surface area (Å²) >= 11 is 5.71. The number of aryl methyl sites for hydroxylation is 1. The number of hydrogen-bond acceptors (Lipinski definition) is 1. The van der Waals surface area contributed by atoms with Crippen LogP contribution in [0.5, 0.6) is 0 Å². The molecule has 0 spiro atoms. The van der Waals surface area contributed by atoms with Crippen molar-refractivity contribution < 1.29 is 13.2 Å². The molecule has 0 unspecified atom stereocenters. The summed E-state index contributed by atoms with van der Waals surface area (Å²) in [7, 11) is 0. The van der Waals surface area contributed by atoms with Crippen LogP contribution < -0.4 is 4.90 Å². The molecular weight excluding hydrogens is 251 g/mol. The molecule has 1 rings (SSSR count). The zero-order chi connectivity index (χ0) is 13.1. The van der Waals surface area contributed by atoms with Crippen LogP contribution in [0.1, 0.15) is 18.1 Å². The molecule has 1 aromatic carbocycles. The molecule has 0 aromatic heterocycles. The molecular formula is C12H15ClF3N. The number of rotatable bonds is 4. The Morgan fingerprint density at radius 3 is 2.35 bits per heavy atom. The van der Waals surface area contributed by atoms with Crippen LogP contribution in [0.25, 0.3) is 0 Å². The van der Waals surface area contributed by atoms with Crippen LogP contribution in [-0.2, 0) is 5.88 Å². The second-order valence-electron chi connectivity index (χ2n) is 3.87. The minimum Gasteiger partial charge on any atom is -0.363 e. The van der Waals surface area contributed by atoms with Crippen molar-refractivity contribution in [2.45, 2.75) is 25.9 Å². The second kappa shape index (κ2) is 5.63. The number of benzene rings is 1. The lowest BCUT2D eigenvalue weighted by atomic mass is 10.1. The predicted molar refractivity (Wildman–Crippen MR) is 64.7 cm³/mol. The lowest BCUT2D eigenvalue weighted by Crippen LogP contribution is -2.34. The highest BCUT2D eigenvalue weighted by molar-refractivity contribution is 6.17. The Kier molecular flexibility index (Phi) is 4.69. The van der Waals surface area contributed by atoms with E-state index < -0.39 is 12.7 Å². The normalized spacial score (nSPS) is 11.6. The van der Waals surface area contributed by atoms with Crippen molar-refractivity contribution in [3.05, 3.63) is 29.3 Å². The van der Waals surface area contributed by atoms with Gasteiger partial charge in [-0.1, -0.05) is 6.07 Å². The topological polar surface area (TPSA) is 3.24 Å². The maximum absolute atomic E-state index is 12.4. The van der Waals surface area contributed by atoms with E-state index >= 15 is 0 Å². The zero-order valence-corrected chi connectivity index (χ0v) is 10.6. The van der Waals surface area contributed by atoms with Gasteiger partial charge in [-0.3, -0.25) is 0 Å². The van der Waals surface area contributed by atoms with Crippen molar-refractivity contribution in [1.29, 1.82) is 0 Å². The monoisotopic (exact) mass is 265 g/mol. The average molecular weight is 266 g/mol. The smallest absolute Gasteiger partial charge is 0.363 e. The molecule has 0 aliphatic rings. The van der Waals surface area contributed by atoms with Crippen LogP contribution in [0.4, 0.5) is 18.9 Å². The van der Waals surface area contributed by atoms with Crippen molar-refractivity contribution in [2.75, 3.05) is 18.0 Å². The Hall–Kier alpha value is -0.900. The van der Waals surface area contributed by atoms with Gasteiger partial charge >= 0.3 is 6.18 Å². The molecule has 1 nitrogen and oxygen atoms in total. The molecule has 0 saturated heterocycles. The van der Waals surface area contributed by atoms with Crippen molar-refractivity contribution in [2.24, 2.45) is 0 Å². The molecule has 0 radical (unpaired) electrons. The highest BCUT2D eigenvalue weighted by atomic mass is 35.5. The van der Waals surface area contributed by atoms with E-state index in [1.807, 2.05) is 6.92 Å².